The van der Waals surface area contributed by atoms with Crippen molar-refractivity contribution >= 4 is 22.9 Å². The highest BCUT2D eigenvalue weighted by atomic mass is 16.4. The number of aliphatic carboxylic acids is 1. The van der Waals surface area contributed by atoms with E-state index in [9.17, 15) is 9.59 Å². The molecule has 1 heterocycles. The zero-order chi connectivity index (χ0) is 15.4. The van der Waals surface area contributed by atoms with Gasteiger partial charge >= 0.3 is 5.97 Å². The van der Waals surface area contributed by atoms with Gasteiger partial charge in [-0.2, -0.15) is 0 Å². The molecule has 0 unspecified atom stereocenters. The Morgan fingerprint density at radius 1 is 1.33 bits per heavy atom. The molecule has 1 aromatic carbocycles. The van der Waals surface area contributed by atoms with Crippen LogP contribution < -0.4 is 5.32 Å². The molecule has 3 N–H and O–H groups in total. The van der Waals surface area contributed by atoms with Gasteiger partial charge in [0.1, 0.15) is 11.9 Å². The van der Waals surface area contributed by atoms with E-state index in [0.29, 0.717) is 6.42 Å². The molecular weight excluding hydrogens is 270 g/mol. The number of H-pyrrole nitrogens is 1. The van der Waals surface area contributed by atoms with Gasteiger partial charge in [0.05, 0.1) is 11.0 Å². The van der Waals surface area contributed by atoms with Crippen molar-refractivity contribution in [3.8, 4) is 0 Å². The molecule has 1 aromatic heterocycles. The van der Waals surface area contributed by atoms with Crippen molar-refractivity contribution in [3.63, 3.8) is 0 Å². The third-order valence-corrected chi connectivity index (χ3v) is 3.28. The summed E-state index contributed by atoms with van der Waals surface area (Å²) in [7, 11) is 0. The van der Waals surface area contributed by atoms with Gasteiger partial charge in [0.2, 0.25) is 5.91 Å². The molecule has 0 saturated heterocycles. The molecule has 1 amide bonds. The van der Waals surface area contributed by atoms with Crippen molar-refractivity contribution in [3.05, 3.63) is 30.1 Å². The molecule has 0 bridgehead atoms. The maximum Gasteiger partial charge on any atom is 0.326 e. The predicted octanol–water partition coefficient (Wildman–Crippen LogP) is 1.72. The lowest BCUT2D eigenvalue weighted by Crippen LogP contribution is -2.44. The first-order valence-electron chi connectivity index (χ1n) is 6.93. The van der Waals surface area contributed by atoms with Crippen LogP contribution in [0, 0.1) is 5.92 Å². The van der Waals surface area contributed by atoms with E-state index in [1.54, 1.807) is 13.8 Å². The number of hydrogen-bond donors (Lipinski definition) is 3. The number of aryl methyl sites for hydroxylation is 1. The lowest BCUT2D eigenvalue weighted by atomic mass is 10.0. The van der Waals surface area contributed by atoms with Gasteiger partial charge in [-0.05, 0) is 18.1 Å². The van der Waals surface area contributed by atoms with Crippen molar-refractivity contribution < 1.29 is 14.7 Å². The van der Waals surface area contributed by atoms with Crippen molar-refractivity contribution in [2.24, 2.45) is 5.92 Å². The van der Waals surface area contributed by atoms with Crippen LogP contribution in [0.15, 0.2) is 24.3 Å². The van der Waals surface area contributed by atoms with Gasteiger partial charge in [-0.25, -0.2) is 9.78 Å². The number of carboxylic acids is 1. The highest BCUT2D eigenvalue weighted by Crippen LogP contribution is 2.11. The zero-order valence-corrected chi connectivity index (χ0v) is 12.1. The Hall–Kier alpha value is -2.37. The fourth-order valence-corrected chi connectivity index (χ4v) is 2.12. The van der Waals surface area contributed by atoms with Crippen LogP contribution in [0.25, 0.3) is 11.0 Å². The number of benzene rings is 1. The quantitative estimate of drug-likeness (QED) is 0.754. The highest BCUT2D eigenvalue weighted by molar-refractivity contribution is 5.83. The van der Waals surface area contributed by atoms with Crippen LogP contribution in [0.4, 0.5) is 0 Å². The number of fused-ring (bicyclic) bond motifs is 1. The van der Waals surface area contributed by atoms with E-state index < -0.39 is 12.0 Å². The summed E-state index contributed by atoms with van der Waals surface area (Å²) in [5.41, 5.74) is 1.79. The summed E-state index contributed by atoms with van der Waals surface area (Å²) >= 11 is 0. The summed E-state index contributed by atoms with van der Waals surface area (Å²) < 4.78 is 0. The molecule has 0 saturated carbocycles. The number of carbonyl (C=O) groups excluding carboxylic acids is 1. The number of nitrogens with zero attached hydrogens (tertiary/aromatic N) is 1. The summed E-state index contributed by atoms with van der Waals surface area (Å²) in [5, 5.41) is 11.6. The third kappa shape index (κ3) is 3.81. The third-order valence-electron chi connectivity index (χ3n) is 3.28. The fourth-order valence-electron chi connectivity index (χ4n) is 2.12. The van der Waals surface area contributed by atoms with Crippen LogP contribution in [0.3, 0.4) is 0 Å². The van der Waals surface area contributed by atoms with Crippen LogP contribution in [0.2, 0.25) is 0 Å². The average Bonchev–Trinajstić information content (AvgIpc) is 2.84. The van der Waals surface area contributed by atoms with E-state index in [-0.39, 0.29) is 18.2 Å². The van der Waals surface area contributed by atoms with Gasteiger partial charge < -0.3 is 15.4 Å². The number of hydrogen-bond acceptors (Lipinski definition) is 3. The number of imidazole rings is 1. The lowest BCUT2D eigenvalue weighted by molar-refractivity contribution is -0.143. The summed E-state index contributed by atoms with van der Waals surface area (Å²) in [6.07, 6.45) is 0.654. The van der Waals surface area contributed by atoms with Crippen LogP contribution in [-0.2, 0) is 16.0 Å². The monoisotopic (exact) mass is 289 g/mol. The van der Waals surface area contributed by atoms with Gasteiger partial charge in [-0.3, -0.25) is 4.79 Å². The first-order chi connectivity index (χ1) is 9.97. The Bertz CT molecular complexity index is 615. The van der Waals surface area contributed by atoms with Gasteiger partial charge in [0.15, 0.2) is 0 Å². The second-order valence-corrected chi connectivity index (χ2v) is 5.33. The molecule has 0 aliphatic heterocycles. The molecule has 2 aromatic rings. The van der Waals surface area contributed by atoms with Crippen LogP contribution in [-0.4, -0.2) is 33.0 Å². The Labute approximate surface area is 122 Å². The lowest BCUT2D eigenvalue weighted by Gasteiger charge is -2.17. The van der Waals surface area contributed by atoms with Crippen LogP contribution in [0.5, 0.6) is 0 Å². The molecule has 0 spiro atoms. The molecule has 0 radical (unpaired) electrons. The van der Waals surface area contributed by atoms with E-state index in [1.165, 1.54) is 0 Å². The summed E-state index contributed by atoms with van der Waals surface area (Å²) in [5.74, 6) is -0.723. The molecule has 0 aliphatic rings. The topological polar surface area (TPSA) is 95.1 Å². The first kappa shape index (κ1) is 15.0. The Balaban J connectivity index is 1.93. The van der Waals surface area contributed by atoms with E-state index >= 15 is 0 Å². The Morgan fingerprint density at radius 3 is 2.67 bits per heavy atom. The molecule has 1 atom stereocenters. The number of carbonyl (C=O) groups is 2. The number of aromatic nitrogens is 2. The molecule has 21 heavy (non-hydrogen) atoms. The van der Waals surface area contributed by atoms with E-state index in [0.717, 1.165) is 16.9 Å². The smallest absolute Gasteiger partial charge is 0.326 e. The largest absolute Gasteiger partial charge is 0.480 e. The zero-order valence-electron chi connectivity index (χ0n) is 12.1. The second-order valence-electron chi connectivity index (χ2n) is 5.33. The number of nitrogens with one attached hydrogen (secondary N) is 2. The van der Waals surface area contributed by atoms with Crippen molar-refractivity contribution in [1.82, 2.24) is 15.3 Å². The maximum absolute atomic E-state index is 11.8. The molecule has 0 fully saturated rings. The van der Waals surface area contributed by atoms with Crippen molar-refractivity contribution in [2.45, 2.75) is 32.7 Å². The Kier molecular flexibility index (Phi) is 4.57. The SMILES string of the molecule is CC(C)[C@@H](NC(=O)CCc1nc2ccccc2[nH]1)C(=O)O. The summed E-state index contributed by atoms with van der Waals surface area (Å²) in [4.78, 5) is 30.4. The number of carboxylic acid groups (broad SMARTS) is 1. The first-order valence-corrected chi connectivity index (χ1v) is 6.93. The van der Waals surface area contributed by atoms with E-state index in [4.69, 9.17) is 5.11 Å². The average molecular weight is 289 g/mol. The molecule has 6 nitrogen and oxygen atoms in total. The molecule has 2 rings (SSSR count). The van der Waals surface area contributed by atoms with Crippen LogP contribution in [0.1, 0.15) is 26.1 Å². The van der Waals surface area contributed by atoms with Crippen molar-refractivity contribution in [1.29, 1.82) is 0 Å². The predicted molar refractivity (Wildman–Crippen MR) is 78.8 cm³/mol. The minimum Gasteiger partial charge on any atom is -0.480 e. The highest BCUT2D eigenvalue weighted by Gasteiger charge is 2.23. The molecule has 112 valence electrons. The van der Waals surface area contributed by atoms with Gasteiger partial charge in [-0.1, -0.05) is 26.0 Å². The normalized spacial score (nSPS) is 12.5. The molecule has 0 aliphatic carbocycles. The maximum atomic E-state index is 11.8. The molecule has 6 heteroatoms. The standard InChI is InChI=1S/C15H19N3O3/c1-9(2)14(15(20)21)18-13(19)8-7-12-16-10-5-3-4-6-11(10)17-12/h3-6,9,14H,7-8H2,1-2H3,(H,16,17)(H,18,19)(H,20,21)/t14-/m1/s1. The number of amides is 1. The number of aromatic amines is 1. The van der Waals surface area contributed by atoms with E-state index in [2.05, 4.69) is 15.3 Å². The van der Waals surface area contributed by atoms with Crippen LogP contribution >= 0.6 is 0 Å². The van der Waals surface area contributed by atoms with Gasteiger partial charge in [0.25, 0.3) is 0 Å². The van der Waals surface area contributed by atoms with Crippen molar-refractivity contribution in [2.75, 3.05) is 0 Å². The molecular formula is C15H19N3O3. The summed E-state index contributed by atoms with van der Waals surface area (Å²) in [6, 6.07) is 6.78. The summed E-state index contributed by atoms with van der Waals surface area (Å²) in [6.45, 7) is 3.52. The number of rotatable bonds is 6. The van der Waals surface area contributed by atoms with Gasteiger partial charge in [-0.15, -0.1) is 0 Å². The second kappa shape index (κ2) is 6.39. The van der Waals surface area contributed by atoms with Gasteiger partial charge in [0, 0.05) is 12.8 Å². The minimum absolute atomic E-state index is 0.155. The Morgan fingerprint density at radius 2 is 2.05 bits per heavy atom. The fraction of sp³-hybridized carbons (Fsp3) is 0.400. The number of para-hydroxylation sites is 2. The minimum atomic E-state index is -1.01. The van der Waals surface area contributed by atoms with E-state index in [1.807, 2.05) is 24.3 Å².